The molecule has 6 nitrogen and oxygen atoms in total. The largest absolute Gasteiger partial charge is 0.444 e. The molecule has 2 fully saturated rings. The zero-order valence-electron chi connectivity index (χ0n) is 19.2. The van der Waals surface area contributed by atoms with Crippen LogP contribution in [-0.2, 0) is 21.1 Å². The summed E-state index contributed by atoms with van der Waals surface area (Å²) in [4.78, 5) is 30.6. The van der Waals surface area contributed by atoms with Gasteiger partial charge in [-0.1, -0.05) is 13.8 Å². The minimum atomic E-state index is -4.83. The average Bonchev–Trinajstić information content (AvgIpc) is 3.00. The molecule has 1 unspecified atom stereocenters. The number of pyridine rings is 1. The molecule has 1 saturated heterocycles. The van der Waals surface area contributed by atoms with E-state index in [2.05, 4.69) is 4.98 Å². The van der Waals surface area contributed by atoms with Crippen LogP contribution in [0.15, 0.2) is 18.3 Å². The summed E-state index contributed by atoms with van der Waals surface area (Å²) >= 11 is 0. The molecule has 3 heterocycles. The maximum absolute atomic E-state index is 14.3. The van der Waals surface area contributed by atoms with E-state index in [1.165, 1.54) is 12.3 Å². The van der Waals surface area contributed by atoms with Crippen molar-refractivity contribution >= 4 is 17.4 Å². The number of imidazole rings is 1. The zero-order chi connectivity index (χ0) is 24.5. The standard InChI is InChI=1S/C23H27F4N3O3/c1-21(2,3)33-20(32)29-10-12-13(11-29)16(12)15(31)9-22(4,5)19-28-18(23(25,26)27)17-14(24)7-6-8-30(17)19/h6-8,12-13,16H,9-11H2,1-5H3/t12-,13+,16?. The number of halogens is 4. The second-order valence-electron chi connectivity index (χ2n) is 10.6. The van der Waals surface area contributed by atoms with Crippen LogP contribution in [0.1, 0.15) is 52.6 Å². The Hall–Kier alpha value is -2.65. The number of piperidine rings is 1. The Balaban J connectivity index is 1.49. The van der Waals surface area contributed by atoms with Crippen molar-refractivity contribution in [2.45, 2.75) is 58.2 Å². The highest BCUT2D eigenvalue weighted by Gasteiger charge is 2.60. The summed E-state index contributed by atoms with van der Waals surface area (Å²) in [7, 11) is 0. The second-order valence-corrected chi connectivity index (χ2v) is 10.6. The van der Waals surface area contributed by atoms with E-state index in [0.717, 1.165) is 10.5 Å². The molecule has 3 atom stereocenters. The van der Waals surface area contributed by atoms with Gasteiger partial charge in [-0.2, -0.15) is 13.2 Å². The third-order valence-electron chi connectivity index (χ3n) is 6.32. The van der Waals surface area contributed by atoms with Crippen molar-refractivity contribution in [1.82, 2.24) is 14.3 Å². The summed E-state index contributed by atoms with van der Waals surface area (Å²) in [5.74, 6) is -1.31. The van der Waals surface area contributed by atoms with Gasteiger partial charge in [0.1, 0.15) is 28.5 Å². The normalized spacial score (nSPS) is 23.1. The Morgan fingerprint density at radius 3 is 2.27 bits per heavy atom. The lowest BCUT2D eigenvalue weighted by atomic mass is 9.84. The highest BCUT2D eigenvalue weighted by Crippen LogP contribution is 2.53. The molecule has 0 N–H and O–H groups in total. The molecule has 2 aromatic rings. The fourth-order valence-electron chi connectivity index (χ4n) is 4.89. The smallest absolute Gasteiger partial charge is 0.435 e. The fraction of sp³-hybridized carbons (Fsp3) is 0.609. The zero-order valence-corrected chi connectivity index (χ0v) is 19.2. The van der Waals surface area contributed by atoms with Crippen molar-refractivity contribution in [3.05, 3.63) is 35.7 Å². The van der Waals surface area contributed by atoms with Gasteiger partial charge in [-0.25, -0.2) is 14.2 Å². The number of rotatable bonds is 4. The van der Waals surface area contributed by atoms with Gasteiger partial charge in [0.05, 0.1) is 0 Å². The molecule has 0 radical (unpaired) electrons. The van der Waals surface area contributed by atoms with E-state index in [-0.39, 0.29) is 35.8 Å². The number of hydrogen-bond donors (Lipinski definition) is 0. The first-order valence-electron chi connectivity index (χ1n) is 10.8. The van der Waals surface area contributed by atoms with E-state index < -0.39 is 40.3 Å². The summed E-state index contributed by atoms with van der Waals surface area (Å²) < 4.78 is 61.3. The Morgan fingerprint density at radius 2 is 1.73 bits per heavy atom. The number of Topliss-reactive ketones (excluding diaryl/α,β-unsaturated/α-hetero) is 1. The first-order chi connectivity index (χ1) is 15.1. The van der Waals surface area contributed by atoms with Crippen LogP contribution < -0.4 is 0 Å². The summed E-state index contributed by atoms with van der Waals surface area (Å²) in [6, 6.07) is 2.26. The third kappa shape index (κ3) is 4.31. The quantitative estimate of drug-likeness (QED) is 0.601. The average molecular weight is 469 g/mol. The summed E-state index contributed by atoms with van der Waals surface area (Å²) in [5, 5.41) is 0. The number of ether oxygens (including phenoxy) is 1. The number of ketones is 1. The van der Waals surface area contributed by atoms with Crippen LogP contribution in [0, 0.1) is 23.6 Å². The summed E-state index contributed by atoms with van der Waals surface area (Å²) in [6.45, 7) is 9.46. The van der Waals surface area contributed by atoms with Crippen molar-refractivity contribution in [2.24, 2.45) is 17.8 Å². The molecule has 33 heavy (non-hydrogen) atoms. The van der Waals surface area contributed by atoms with E-state index in [4.69, 9.17) is 4.74 Å². The van der Waals surface area contributed by atoms with Crippen LogP contribution in [0.25, 0.3) is 5.52 Å². The van der Waals surface area contributed by atoms with Gasteiger partial charge in [0.2, 0.25) is 0 Å². The van der Waals surface area contributed by atoms with Gasteiger partial charge in [-0.15, -0.1) is 0 Å². The predicted octanol–water partition coefficient (Wildman–Crippen LogP) is 4.84. The fourth-order valence-corrected chi connectivity index (χ4v) is 4.89. The maximum Gasteiger partial charge on any atom is 0.435 e. The maximum atomic E-state index is 14.3. The highest BCUT2D eigenvalue weighted by atomic mass is 19.4. The molecule has 1 aliphatic heterocycles. The van der Waals surface area contributed by atoms with Crippen molar-refractivity contribution in [2.75, 3.05) is 13.1 Å². The van der Waals surface area contributed by atoms with Crippen LogP contribution in [0.5, 0.6) is 0 Å². The van der Waals surface area contributed by atoms with Crippen LogP contribution in [0.2, 0.25) is 0 Å². The number of nitrogens with zero attached hydrogens (tertiary/aromatic N) is 3. The molecule has 0 bridgehead atoms. The predicted molar refractivity (Wildman–Crippen MR) is 111 cm³/mol. The minimum Gasteiger partial charge on any atom is -0.444 e. The van der Waals surface area contributed by atoms with Crippen molar-refractivity contribution in [3.63, 3.8) is 0 Å². The number of carbonyl (C=O) groups excluding carboxylic acids is 2. The lowest BCUT2D eigenvalue weighted by Gasteiger charge is -2.26. The van der Waals surface area contributed by atoms with E-state index >= 15 is 0 Å². The number of alkyl halides is 3. The SMILES string of the molecule is CC(C)(C)OC(=O)N1C[C@@H]2C(C(=O)CC(C)(C)c3nc(C(F)(F)F)c4c(F)cccn34)[C@@H]2C1. The molecular weight excluding hydrogens is 442 g/mol. The first-order valence-corrected chi connectivity index (χ1v) is 10.8. The number of aromatic nitrogens is 2. The summed E-state index contributed by atoms with van der Waals surface area (Å²) in [6.07, 6.45) is -3.95. The number of likely N-dealkylation sites (tertiary alicyclic amines) is 1. The van der Waals surface area contributed by atoms with E-state index in [0.29, 0.717) is 13.1 Å². The van der Waals surface area contributed by atoms with Crippen LogP contribution in [0.4, 0.5) is 22.4 Å². The molecule has 1 saturated carbocycles. The van der Waals surface area contributed by atoms with Gasteiger partial charge >= 0.3 is 12.3 Å². The molecule has 0 aromatic carbocycles. The lowest BCUT2D eigenvalue weighted by molar-refractivity contribution is -0.139. The topological polar surface area (TPSA) is 63.9 Å². The van der Waals surface area contributed by atoms with E-state index in [1.54, 1.807) is 39.5 Å². The van der Waals surface area contributed by atoms with Gasteiger partial charge in [-0.3, -0.25) is 4.79 Å². The van der Waals surface area contributed by atoms with Crippen LogP contribution in [0.3, 0.4) is 0 Å². The van der Waals surface area contributed by atoms with Gasteiger partial charge in [0.25, 0.3) is 0 Å². The first kappa shape index (κ1) is 23.5. The number of carbonyl (C=O) groups is 2. The van der Waals surface area contributed by atoms with Crippen molar-refractivity contribution in [1.29, 1.82) is 0 Å². The Bertz CT molecular complexity index is 1100. The second kappa shape index (κ2) is 7.43. The van der Waals surface area contributed by atoms with Crippen LogP contribution in [-0.4, -0.2) is 44.9 Å². The molecule has 1 amide bonds. The lowest BCUT2D eigenvalue weighted by Crippen LogP contribution is -2.38. The molecule has 4 rings (SSSR count). The Labute approximate surface area is 188 Å². The Morgan fingerprint density at radius 1 is 1.12 bits per heavy atom. The van der Waals surface area contributed by atoms with Crippen molar-refractivity contribution in [3.8, 4) is 0 Å². The minimum absolute atomic E-state index is 0.0149. The van der Waals surface area contributed by atoms with Crippen LogP contribution >= 0.6 is 0 Å². The Kier molecular flexibility index (Phi) is 5.29. The van der Waals surface area contributed by atoms with E-state index in [9.17, 15) is 27.2 Å². The van der Waals surface area contributed by atoms with Gasteiger partial charge < -0.3 is 14.0 Å². The molecular formula is C23H27F4N3O3. The van der Waals surface area contributed by atoms with E-state index in [1.807, 2.05) is 0 Å². The highest BCUT2D eigenvalue weighted by molar-refractivity contribution is 5.86. The number of hydrogen-bond acceptors (Lipinski definition) is 4. The third-order valence-corrected chi connectivity index (χ3v) is 6.32. The monoisotopic (exact) mass is 469 g/mol. The van der Waals surface area contributed by atoms with Gasteiger partial charge in [0, 0.05) is 37.0 Å². The summed E-state index contributed by atoms with van der Waals surface area (Å²) in [5.41, 5.74) is -3.60. The molecule has 1 aliphatic carbocycles. The molecule has 0 spiro atoms. The van der Waals surface area contributed by atoms with Crippen molar-refractivity contribution < 1.29 is 31.9 Å². The number of amides is 1. The number of fused-ring (bicyclic) bond motifs is 2. The van der Waals surface area contributed by atoms with Gasteiger partial charge in [-0.05, 0) is 44.7 Å². The molecule has 2 aromatic heterocycles. The molecule has 180 valence electrons. The molecule has 2 aliphatic rings. The van der Waals surface area contributed by atoms with Gasteiger partial charge in [0.15, 0.2) is 5.69 Å². The molecule has 10 heteroatoms.